The van der Waals surface area contributed by atoms with Crippen molar-refractivity contribution in [2.45, 2.75) is 19.5 Å². The highest BCUT2D eigenvalue weighted by molar-refractivity contribution is 7.12. The molecule has 0 aliphatic heterocycles. The number of thiophene rings is 2. The van der Waals surface area contributed by atoms with Gasteiger partial charge in [0, 0.05) is 4.88 Å². The first-order valence-corrected chi connectivity index (χ1v) is 7.57. The van der Waals surface area contributed by atoms with Gasteiger partial charge in [0.2, 0.25) is 5.91 Å². The van der Waals surface area contributed by atoms with Crippen LogP contribution in [0.3, 0.4) is 0 Å². The summed E-state index contributed by atoms with van der Waals surface area (Å²) in [6.45, 7) is 2.17. The smallest absolute Gasteiger partial charge is 0.261 e. The maximum atomic E-state index is 11.8. The van der Waals surface area contributed by atoms with E-state index >= 15 is 0 Å². The molecule has 0 aliphatic rings. The van der Waals surface area contributed by atoms with Crippen LogP contribution in [0.4, 0.5) is 0 Å². The van der Waals surface area contributed by atoms with E-state index in [4.69, 9.17) is 0 Å². The van der Waals surface area contributed by atoms with Crippen molar-refractivity contribution in [2.75, 3.05) is 0 Å². The monoisotopic (exact) mass is 294 g/mol. The molecule has 2 amide bonds. The largest absolute Gasteiger partial charge is 0.349 e. The van der Waals surface area contributed by atoms with Crippen LogP contribution in [0.25, 0.3) is 0 Å². The molecule has 0 aliphatic carbocycles. The highest BCUT2D eigenvalue weighted by Crippen LogP contribution is 2.09. The van der Waals surface area contributed by atoms with Crippen LogP contribution in [0.1, 0.15) is 21.5 Å². The number of hydrogen-bond acceptors (Lipinski definition) is 4. The third-order valence-electron chi connectivity index (χ3n) is 2.50. The summed E-state index contributed by atoms with van der Waals surface area (Å²) in [6, 6.07) is 6.89. The third-order valence-corrected chi connectivity index (χ3v) is 4.25. The van der Waals surface area contributed by atoms with Gasteiger partial charge < -0.3 is 10.6 Å². The van der Waals surface area contributed by atoms with Gasteiger partial charge in [0.25, 0.3) is 5.91 Å². The van der Waals surface area contributed by atoms with Crippen molar-refractivity contribution in [1.29, 1.82) is 0 Å². The summed E-state index contributed by atoms with van der Waals surface area (Å²) in [6.07, 6.45) is 0. The van der Waals surface area contributed by atoms with Gasteiger partial charge in [0.1, 0.15) is 6.04 Å². The van der Waals surface area contributed by atoms with Crippen LogP contribution >= 0.6 is 22.7 Å². The lowest BCUT2D eigenvalue weighted by Gasteiger charge is -2.13. The van der Waals surface area contributed by atoms with Gasteiger partial charge >= 0.3 is 0 Å². The predicted octanol–water partition coefficient (Wildman–Crippen LogP) is 2.24. The summed E-state index contributed by atoms with van der Waals surface area (Å²) in [5.74, 6) is -0.396. The van der Waals surface area contributed by atoms with Gasteiger partial charge in [-0.1, -0.05) is 12.1 Å². The number of nitrogens with one attached hydrogen (secondary N) is 2. The molecule has 2 aromatic heterocycles. The molecule has 4 nitrogen and oxygen atoms in total. The van der Waals surface area contributed by atoms with E-state index in [0.717, 1.165) is 4.88 Å². The quantitative estimate of drug-likeness (QED) is 0.888. The third kappa shape index (κ3) is 3.90. The van der Waals surface area contributed by atoms with Crippen LogP contribution in [0, 0.1) is 0 Å². The lowest BCUT2D eigenvalue weighted by atomic mass is 10.3. The number of amides is 2. The molecule has 2 rings (SSSR count). The van der Waals surface area contributed by atoms with Gasteiger partial charge in [-0.2, -0.15) is 0 Å². The minimum absolute atomic E-state index is 0.182. The van der Waals surface area contributed by atoms with Crippen LogP contribution in [0.2, 0.25) is 0 Å². The number of carbonyl (C=O) groups is 2. The summed E-state index contributed by atoms with van der Waals surface area (Å²) in [5, 5.41) is 9.26. The fourth-order valence-electron chi connectivity index (χ4n) is 1.48. The first-order valence-electron chi connectivity index (χ1n) is 5.81. The first kappa shape index (κ1) is 13.8. The zero-order valence-corrected chi connectivity index (χ0v) is 12.0. The minimum atomic E-state index is -0.547. The van der Waals surface area contributed by atoms with Crippen molar-refractivity contribution in [3.8, 4) is 0 Å². The molecule has 0 fully saturated rings. The molecule has 0 aromatic carbocycles. The van der Waals surface area contributed by atoms with E-state index in [0.29, 0.717) is 11.4 Å². The standard InChI is InChI=1S/C13H14N2O2S2/c1-9(15-13(17)11-5-3-7-19-11)12(16)14-8-10-4-2-6-18-10/h2-7,9H,8H2,1H3,(H,14,16)(H,15,17). The van der Waals surface area contributed by atoms with E-state index in [1.165, 1.54) is 11.3 Å². The Kier molecular flexibility index (Phi) is 4.70. The Morgan fingerprint density at radius 2 is 1.95 bits per heavy atom. The van der Waals surface area contributed by atoms with Crippen molar-refractivity contribution in [3.05, 3.63) is 44.8 Å². The Bertz CT molecular complexity index is 535. The molecule has 2 N–H and O–H groups in total. The molecule has 0 saturated heterocycles. The number of carbonyl (C=O) groups excluding carboxylic acids is 2. The average Bonchev–Trinajstić information content (AvgIpc) is 3.08. The molecular formula is C13H14N2O2S2. The highest BCUT2D eigenvalue weighted by atomic mass is 32.1. The molecule has 2 aromatic rings. The maximum absolute atomic E-state index is 11.8. The minimum Gasteiger partial charge on any atom is -0.349 e. The highest BCUT2D eigenvalue weighted by Gasteiger charge is 2.16. The van der Waals surface area contributed by atoms with Crippen molar-refractivity contribution in [2.24, 2.45) is 0 Å². The Morgan fingerprint density at radius 1 is 1.21 bits per heavy atom. The topological polar surface area (TPSA) is 58.2 Å². The molecular weight excluding hydrogens is 280 g/mol. The van der Waals surface area contributed by atoms with Crippen molar-refractivity contribution in [1.82, 2.24) is 10.6 Å². The molecule has 1 atom stereocenters. The van der Waals surface area contributed by atoms with Crippen LogP contribution in [0.5, 0.6) is 0 Å². The molecule has 0 saturated carbocycles. The Balaban J connectivity index is 1.80. The molecule has 0 radical (unpaired) electrons. The molecule has 1 unspecified atom stereocenters. The van der Waals surface area contributed by atoms with E-state index in [1.807, 2.05) is 22.9 Å². The number of rotatable bonds is 5. The molecule has 6 heteroatoms. The Labute approximate surface area is 119 Å². The van der Waals surface area contributed by atoms with Crippen LogP contribution < -0.4 is 10.6 Å². The second-order valence-electron chi connectivity index (χ2n) is 3.97. The van der Waals surface area contributed by atoms with E-state index in [9.17, 15) is 9.59 Å². The molecule has 0 bridgehead atoms. The maximum Gasteiger partial charge on any atom is 0.261 e. The van der Waals surface area contributed by atoms with Crippen molar-refractivity contribution < 1.29 is 9.59 Å². The first-order chi connectivity index (χ1) is 9.16. The van der Waals surface area contributed by atoms with Gasteiger partial charge in [-0.25, -0.2) is 0 Å². The van der Waals surface area contributed by atoms with Crippen LogP contribution in [-0.4, -0.2) is 17.9 Å². The van der Waals surface area contributed by atoms with Crippen LogP contribution in [-0.2, 0) is 11.3 Å². The average molecular weight is 294 g/mol. The van der Waals surface area contributed by atoms with Crippen LogP contribution in [0.15, 0.2) is 35.0 Å². The zero-order valence-electron chi connectivity index (χ0n) is 10.4. The summed E-state index contributed by atoms with van der Waals surface area (Å²) >= 11 is 2.94. The van der Waals surface area contributed by atoms with E-state index in [1.54, 1.807) is 30.4 Å². The SMILES string of the molecule is CC(NC(=O)c1cccs1)C(=O)NCc1cccs1. The van der Waals surface area contributed by atoms with E-state index < -0.39 is 6.04 Å². The fourth-order valence-corrected chi connectivity index (χ4v) is 2.75. The summed E-state index contributed by atoms with van der Waals surface area (Å²) in [7, 11) is 0. The summed E-state index contributed by atoms with van der Waals surface area (Å²) in [4.78, 5) is 25.3. The molecule has 0 spiro atoms. The molecule has 19 heavy (non-hydrogen) atoms. The summed E-state index contributed by atoms with van der Waals surface area (Å²) < 4.78 is 0. The normalized spacial score (nSPS) is 11.8. The molecule has 100 valence electrons. The number of hydrogen-bond donors (Lipinski definition) is 2. The second kappa shape index (κ2) is 6.49. The lowest BCUT2D eigenvalue weighted by Crippen LogP contribution is -2.44. The zero-order chi connectivity index (χ0) is 13.7. The Morgan fingerprint density at radius 3 is 2.58 bits per heavy atom. The van der Waals surface area contributed by atoms with E-state index in [2.05, 4.69) is 10.6 Å². The summed E-state index contributed by atoms with van der Waals surface area (Å²) in [5.41, 5.74) is 0. The van der Waals surface area contributed by atoms with Gasteiger partial charge in [-0.05, 0) is 29.8 Å². The second-order valence-corrected chi connectivity index (χ2v) is 5.95. The van der Waals surface area contributed by atoms with Gasteiger partial charge in [0.15, 0.2) is 0 Å². The van der Waals surface area contributed by atoms with Gasteiger partial charge in [-0.3, -0.25) is 9.59 Å². The van der Waals surface area contributed by atoms with Gasteiger partial charge in [-0.15, -0.1) is 22.7 Å². The molecule has 2 heterocycles. The van der Waals surface area contributed by atoms with E-state index in [-0.39, 0.29) is 11.8 Å². The van der Waals surface area contributed by atoms with Crippen molar-refractivity contribution in [3.63, 3.8) is 0 Å². The van der Waals surface area contributed by atoms with Crippen molar-refractivity contribution >= 4 is 34.5 Å². The Hall–Kier alpha value is -1.66. The lowest BCUT2D eigenvalue weighted by molar-refractivity contribution is -0.122. The predicted molar refractivity (Wildman–Crippen MR) is 77.4 cm³/mol. The van der Waals surface area contributed by atoms with Gasteiger partial charge in [0.05, 0.1) is 11.4 Å². The fraction of sp³-hybridized carbons (Fsp3) is 0.231.